The summed E-state index contributed by atoms with van der Waals surface area (Å²) in [5.74, 6) is -3.50. The van der Waals surface area contributed by atoms with Crippen LogP contribution in [0.2, 0.25) is 5.02 Å². The lowest BCUT2D eigenvalue weighted by molar-refractivity contribution is -0.137. The van der Waals surface area contributed by atoms with Crippen LogP contribution in [0.1, 0.15) is 11.1 Å². The number of halogens is 6. The third-order valence-electron chi connectivity index (χ3n) is 1.95. The predicted molar refractivity (Wildman–Crippen MR) is 49.4 cm³/mol. The Bertz CT molecular complexity index is 388. The van der Waals surface area contributed by atoms with Crippen molar-refractivity contribution in [1.82, 2.24) is 0 Å². The maximum atomic E-state index is 13.0. The molecule has 0 saturated heterocycles. The van der Waals surface area contributed by atoms with E-state index in [-0.39, 0.29) is 0 Å². The summed E-state index contributed by atoms with van der Waals surface area (Å²) in [5, 5.41) is -0.621. The summed E-state index contributed by atoms with van der Waals surface area (Å²) < 4.78 is 63.2. The minimum absolute atomic E-state index is 0.315. The highest BCUT2D eigenvalue weighted by molar-refractivity contribution is 6.31. The fourth-order valence-corrected chi connectivity index (χ4v) is 1.31. The van der Waals surface area contributed by atoms with Gasteiger partial charge in [-0.05, 0) is 12.1 Å². The molecule has 16 heavy (non-hydrogen) atoms. The summed E-state index contributed by atoms with van der Waals surface area (Å²) in [6.07, 6.45) is -4.77. The SMILES string of the molecule is NCC(F)(F)c1ccc(Cl)c(C(F)(F)F)c1. The molecule has 90 valence electrons. The summed E-state index contributed by atoms with van der Waals surface area (Å²) in [5.41, 5.74) is 2.68. The number of alkyl halides is 5. The molecule has 0 aliphatic carbocycles. The smallest absolute Gasteiger partial charge is 0.325 e. The molecule has 1 aromatic rings. The molecule has 0 saturated carbocycles. The Balaban J connectivity index is 3.29. The molecule has 1 aromatic carbocycles. The molecule has 0 spiro atoms. The van der Waals surface area contributed by atoms with Gasteiger partial charge in [0.25, 0.3) is 5.92 Å². The zero-order chi connectivity index (χ0) is 12.6. The summed E-state index contributed by atoms with van der Waals surface area (Å²) in [7, 11) is 0. The van der Waals surface area contributed by atoms with Gasteiger partial charge < -0.3 is 5.73 Å². The Kier molecular flexibility index (Phi) is 3.44. The molecule has 0 atom stereocenters. The van der Waals surface area contributed by atoms with E-state index in [0.29, 0.717) is 6.07 Å². The van der Waals surface area contributed by atoms with Gasteiger partial charge in [-0.25, -0.2) is 0 Å². The third-order valence-corrected chi connectivity index (χ3v) is 2.28. The van der Waals surface area contributed by atoms with Gasteiger partial charge in [0.05, 0.1) is 17.1 Å². The normalized spacial score (nSPS) is 12.9. The van der Waals surface area contributed by atoms with Crippen molar-refractivity contribution in [3.8, 4) is 0 Å². The summed E-state index contributed by atoms with van der Waals surface area (Å²) in [4.78, 5) is 0. The zero-order valence-electron chi connectivity index (χ0n) is 7.78. The van der Waals surface area contributed by atoms with E-state index in [9.17, 15) is 22.0 Å². The van der Waals surface area contributed by atoms with E-state index in [1.165, 1.54) is 0 Å². The van der Waals surface area contributed by atoms with E-state index < -0.39 is 34.8 Å². The van der Waals surface area contributed by atoms with Gasteiger partial charge in [-0.3, -0.25) is 0 Å². The Morgan fingerprint density at radius 1 is 1.12 bits per heavy atom. The molecule has 0 aliphatic rings. The highest BCUT2D eigenvalue weighted by Gasteiger charge is 2.37. The van der Waals surface area contributed by atoms with Crippen LogP contribution in [0.15, 0.2) is 18.2 Å². The number of hydrogen-bond donors (Lipinski definition) is 1. The average Bonchev–Trinajstić information content (AvgIpc) is 2.16. The van der Waals surface area contributed by atoms with Gasteiger partial charge in [0, 0.05) is 5.56 Å². The highest BCUT2D eigenvalue weighted by atomic mass is 35.5. The number of hydrogen-bond acceptors (Lipinski definition) is 1. The van der Waals surface area contributed by atoms with Crippen molar-refractivity contribution in [3.05, 3.63) is 34.3 Å². The minimum atomic E-state index is -4.77. The molecule has 0 unspecified atom stereocenters. The van der Waals surface area contributed by atoms with Crippen LogP contribution >= 0.6 is 11.6 Å². The summed E-state index contributed by atoms with van der Waals surface area (Å²) >= 11 is 5.28. The standard InChI is InChI=1S/C9H7ClF5N/c10-7-2-1-5(8(11,12)4-16)3-6(7)9(13,14)15/h1-3H,4,16H2. The Hall–Kier alpha value is -0.880. The van der Waals surface area contributed by atoms with Crippen LogP contribution in [0.4, 0.5) is 22.0 Å². The maximum Gasteiger partial charge on any atom is 0.417 e. The van der Waals surface area contributed by atoms with Crippen molar-refractivity contribution < 1.29 is 22.0 Å². The second kappa shape index (κ2) is 4.18. The van der Waals surface area contributed by atoms with Crippen LogP contribution < -0.4 is 5.73 Å². The van der Waals surface area contributed by atoms with E-state index in [4.69, 9.17) is 17.3 Å². The van der Waals surface area contributed by atoms with Crippen molar-refractivity contribution in [2.24, 2.45) is 5.73 Å². The van der Waals surface area contributed by atoms with Crippen LogP contribution in [-0.2, 0) is 12.1 Å². The zero-order valence-corrected chi connectivity index (χ0v) is 8.54. The molecule has 1 rings (SSSR count). The molecule has 0 aromatic heterocycles. The van der Waals surface area contributed by atoms with Gasteiger partial charge >= 0.3 is 6.18 Å². The Morgan fingerprint density at radius 2 is 1.69 bits per heavy atom. The molecule has 0 heterocycles. The minimum Gasteiger partial charge on any atom is -0.325 e. The first-order chi connectivity index (χ1) is 7.18. The van der Waals surface area contributed by atoms with Gasteiger partial charge in [0.15, 0.2) is 0 Å². The van der Waals surface area contributed by atoms with Gasteiger partial charge in [0.2, 0.25) is 0 Å². The molecule has 0 amide bonds. The van der Waals surface area contributed by atoms with Crippen molar-refractivity contribution in [3.63, 3.8) is 0 Å². The molecule has 0 radical (unpaired) electrons. The van der Waals surface area contributed by atoms with E-state index in [1.807, 2.05) is 0 Å². The second-order valence-electron chi connectivity index (χ2n) is 3.10. The quantitative estimate of drug-likeness (QED) is 0.810. The van der Waals surface area contributed by atoms with E-state index in [1.54, 1.807) is 0 Å². The van der Waals surface area contributed by atoms with Crippen LogP contribution in [0.5, 0.6) is 0 Å². The maximum absolute atomic E-state index is 13.0. The lowest BCUT2D eigenvalue weighted by Gasteiger charge is -2.17. The lowest BCUT2D eigenvalue weighted by atomic mass is 10.0. The van der Waals surface area contributed by atoms with Crippen molar-refractivity contribution in [2.75, 3.05) is 6.54 Å². The fourth-order valence-electron chi connectivity index (χ4n) is 1.09. The highest BCUT2D eigenvalue weighted by Crippen LogP contribution is 2.38. The third kappa shape index (κ3) is 2.62. The topological polar surface area (TPSA) is 26.0 Å². The first-order valence-electron chi connectivity index (χ1n) is 4.13. The number of benzene rings is 1. The molecule has 2 N–H and O–H groups in total. The first kappa shape index (κ1) is 13.2. The number of rotatable bonds is 2. The molecule has 0 bridgehead atoms. The lowest BCUT2D eigenvalue weighted by Crippen LogP contribution is -2.25. The predicted octanol–water partition coefficient (Wildman–Crippen LogP) is 3.41. The van der Waals surface area contributed by atoms with E-state index >= 15 is 0 Å². The average molecular weight is 260 g/mol. The van der Waals surface area contributed by atoms with Gasteiger partial charge in [-0.15, -0.1) is 0 Å². The Morgan fingerprint density at radius 3 is 2.12 bits per heavy atom. The first-order valence-corrected chi connectivity index (χ1v) is 4.51. The van der Waals surface area contributed by atoms with Gasteiger partial charge in [-0.2, -0.15) is 22.0 Å². The molecule has 0 aliphatic heterocycles. The van der Waals surface area contributed by atoms with Crippen molar-refractivity contribution in [1.29, 1.82) is 0 Å². The van der Waals surface area contributed by atoms with Crippen LogP contribution in [-0.4, -0.2) is 6.54 Å². The number of nitrogens with two attached hydrogens (primary N) is 1. The summed E-state index contributed by atoms with van der Waals surface area (Å²) in [6.45, 7) is -1.06. The molecule has 1 nitrogen and oxygen atoms in total. The fraction of sp³-hybridized carbons (Fsp3) is 0.333. The van der Waals surface area contributed by atoms with Crippen LogP contribution in [0, 0.1) is 0 Å². The van der Waals surface area contributed by atoms with E-state index in [2.05, 4.69) is 0 Å². The van der Waals surface area contributed by atoms with Crippen molar-refractivity contribution in [2.45, 2.75) is 12.1 Å². The van der Waals surface area contributed by atoms with Gasteiger partial charge in [-0.1, -0.05) is 17.7 Å². The van der Waals surface area contributed by atoms with Crippen molar-refractivity contribution >= 4 is 11.6 Å². The largest absolute Gasteiger partial charge is 0.417 e. The molecule has 0 fully saturated rings. The Labute approximate surface area is 93.0 Å². The van der Waals surface area contributed by atoms with Crippen LogP contribution in [0.3, 0.4) is 0 Å². The second-order valence-corrected chi connectivity index (χ2v) is 3.51. The van der Waals surface area contributed by atoms with Crippen LogP contribution in [0.25, 0.3) is 0 Å². The molecular formula is C9H7ClF5N. The molecule has 7 heteroatoms. The molecular weight excluding hydrogens is 253 g/mol. The van der Waals surface area contributed by atoms with E-state index in [0.717, 1.165) is 12.1 Å². The summed E-state index contributed by atoms with van der Waals surface area (Å²) in [6, 6.07) is 1.92. The monoisotopic (exact) mass is 259 g/mol. The van der Waals surface area contributed by atoms with Gasteiger partial charge in [0.1, 0.15) is 0 Å².